The summed E-state index contributed by atoms with van der Waals surface area (Å²) in [4.78, 5) is 10.7. The van der Waals surface area contributed by atoms with E-state index in [0.29, 0.717) is 0 Å². The van der Waals surface area contributed by atoms with E-state index in [-0.39, 0.29) is 18.5 Å². The van der Waals surface area contributed by atoms with Gasteiger partial charge in [0.1, 0.15) is 0 Å². The number of rotatable bonds is 2. The predicted octanol–water partition coefficient (Wildman–Crippen LogP) is 1.21. The summed E-state index contributed by atoms with van der Waals surface area (Å²) >= 11 is 0. The third-order valence-electron chi connectivity index (χ3n) is 0.935. The van der Waals surface area contributed by atoms with Crippen molar-refractivity contribution in [2.45, 2.75) is 20.8 Å². The number of hydrogen-bond donors (Lipinski definition) is 0. The standard InChI is InChI=1S/C8H12O2/c1-4-5-6-10-8(9)7(2)3/h7H,6H2,1-3H3. The Hall–Kier alpha value is -0.970. The maximum absolute atomic E-state index is 10.7. The Balaban J connectivity index is 3.47. The second-order valence-corrected chi connectivity index (χ2v) is 2.19. The van der Waals surface area contributed by atoms with Crippen LogP contribution < -0.4 is 0 Å². The van der Waals surface area contributed by atoms with Gasteiger partial charge in [-0.25, -0.2) is 0 Å². The Morgan fingerprint density at radius 1 is 1.60 bits per heavy atom. The van der Waals surface area contributed by atoms with Crippen molar-refractivity contribution >= 4 is 5.97 Å². The third kappa shape index (κ3) is 3.96. The molecule has 0 unspecified atom stereocenters. The van der Waals surface area contributed by atoms with E-state index in [1.54, 1.807) is 20.8 Å². The molecule has 0 aliphatic rings. The van der Waals surface area contributed by atoms with Crippen molar-refractivity contribution in [2.24, 2.45) is 5.92 Å². The number of ether oxygens (including phenoxy) is 1. The van der Waals surface area contributed by atoms with Crippen molar-refractivity contribution in [3.05, 3.63) is 0 Å². The van der Waals surface area contributed by atoms with Crippen molar-refractivity contribution in [1.29, 1.82) is 0 Å². The lowest BCUT2D eigenvalue weighted by molar-refractivity contribution is -0.145. The maximum Gasteiger partial charge on any atom is 0.309 e. The van der Waals surface area contributed by atoms with Crippen LogP contribution in [0.15, 0.2) is 0 Å². The van der Waals surface area contributed by atoms with Crippen LogP contribution in [0.25, 0.3) is 0 Å². The molecule has 10 heavy (non-hydrogen) atoms. The highest BCUT2D eigenvalue weighted by molar-refractivity contribution is 5.71. The van der Waals surface area contributed by atoms with Crippen molar-refractivity contribution in [3.8, 4) is 11.8 Å². The number of hydrogen-bond acceptors (Lipinski definition) is 2. The zero-order valence-electron chi connectivity index (χ0n) is 6.60. The third-order valence-corrected chi connectivity index (χ3v) is 0.935. The molecular formula is C8H12O2. The summed E-state index contributed by atoms with van der Waals surface area (Å²) in [5.41, 5.74) is 0. The van der Waals surface area contributed by atoms with Crippen molar-refractivity contribution < 1.29 is 9.53 Å². The van der Waals surface area contributed by atoms with Crippen molar-refractivity contribution in [2.75, 3.05) is 6.61 Å². The molecule has 0 heterocycles. The molecule has 0 radical (unpaired) electrons. The molecule has 0 bridgehead atoms. The molecule has 56 valence electrons. The van der Waals surface area contributed by atoms with E-state index in [9.17, 15) is 4.79 Å². The Kier molecular flexibility index (Phi) is 4.39. The van der Waals surface area contributed by atoms with Gasteiger partial charge in [0, 0.05) is 0 Å². The van der Waals surface area contributed by atoms with E-state index in [1.807, 2.05) is 0 Å². The van der Waals surface area contributed by atoms with Crippen LogP contribution in [0.2, 0.25) is 0 Å². The van der Waals surface area contributed by atoms with Gasteiger partial charge in [-0.2, -0.15) is 0 Å². The van der Waals surface area contributed by atoms with E-state index in [4.69, 9.17) is 4.74 Å². The first kappa shape index (κ1) is 9.03. The fourth-order valence-electron chi connectivity index (χ4n) is 0.346. The molecule has 0 aromatic rings. The smallest absolute Gasteiger partial charge is 0.309 e. The SMILES string of the molecule is CC#CCOC(=O)C(C)C. The number of carbonyl (C=O) groups excluding carboxylic acids is 1. The summed E-state index contributed by atoms with van der Waals surface area (Å²) in [5, 5.41) is 0. The van der Waals surface area contributed by atoms with Gasteiger partial charge in [-0.3, -0.25) is 4.79 Å². The van der Waals surface area contributed by atoms with Crippen LogP contribution in [0.3, 0.4) is 0 Å². The van der Waals surface area contributed by atoms with Gasteiger partial charge < -0.3 is 4.74 Å². The molecule has 0 amide bonds. The Bertz CT molecular complexity index is 160. The first-order valence-corrected chi connectivity index (χ1v) is 3.24. The lowest BCUT2D eigenvalue weighted by Gasteiger charge is -2.01. The summed E-state index contributed by atoms with van der Waals surface area (Å²) in [6.07, 6.45) is 0. The topological polar surface area (TPSA) is 26.3 Å². The minimum Gasteiger partial charge on any atom is -0.452 e. The summed E-state index contributed by atoms with van der Waals surface area (Å²) in [6, 6.07) is 0. The second kappa shape index (κ2) is 4.87. The van der Waals surface area contributed by atoms with Gasteiger partial charge >= 0.3 is 5.97 Å². The highest BCUT2D eigenvalue weighted by Crippen LogP contribution is 1.94. The number of esters is 1. The van der Waals surface area contributed by atoms with E-state index >= 15 is 0 Å². The largest absolute Gasteiger partial charge is 0.452 e. The van der Waals surface area contributed by atoms with Crippen LogP contribution in [0.4, 0.5) is 0 Å². The molecule has 2 heteroatoms. The summed E-state index contributed by atoms with van der Waals surface area (Å²) in [5.74, 6) is 5.03. The summed E-state index contributed by atoms with van der Waals surface area (Å²) in [7, 11) is 0. The molecule has 0 saturated carbocycles. The van der Waals surface area contributed by atoms with E-state index < -0.39 is 0 Å². The molecule has 0 aliphatic carbocycles. The van der Waals surface area contributed by atoms with Crippen molar-refractivity contribution in [3.63, 3.8) is 0 Å². The van der Waals surface area contributed by atoms with Crippen LogP contribution in [0, 0.1) is 17.8 Å². The minimum absolute atomic E-state index is 0.0568. The highest BCUT2D eigenvalue weighted by Gasteiger charge is 2.05. The van der Waals surface area contributed by atoms with Crippen LogP contribution in [-0.4, -0.2) is 12.6 Å². The first-order valence-electron chi connectivity index (χ1n) is 3.24. The Morgan fingerprint density at radius 2 is 2.20 bits per heavy atom. The van der Waals surface area contributed by atoms with Crippen LogP contribution in [0.5, 0.6) is 0 Å². The minimum atomic E-state index is -0.192. The molecule has 2 nitrogen and oxygen atoms in total. The van der Waals surface area contributed by atoms with Gasteiger partial charge in [-0.1, -0.05) is 19.8 Å². The zero-order valence-corrected chi connectivity index (χ0v) is 6.60. The van der Waals surface area contributed by atoms with E-state index in [2.05, 4.69) is 11.8 Å². The van der Waals surface area contributed by atoms with Gasteiger partial charge in [0.2, 0.25) is 0 Å². The highest BCUT2D eigenvalue weighted by atomic mass is 16.5. The molecular weight excluding hydrogens is 128 g/mol. The fourth-order valence-corrected chi connectivity index (χ4v) is 0.346. The molecule has 0 rings (SSSR count). The molecule has 0 saturated heterocycles. The average molecular weight is 140 g/mol. The first-order chi connectivity index (χ1) is 4.68. The fraction of sp³-hybridized carbons (Fsp3) is 0.625. The van der Waals surface area contributed by atoms with Gasteiger partial charge in [-0.15, -0.1) is 5.92 Å². The summed E-state index contributed by atoms with van der Waals surface area (Å²) < 4.78 is 4.73. The van der Waals surface area contributed by atoms with Gasteiger partial charge in [-0.05, 0) is 6.92 Å². The molecule has 0 N–H and O–H groups in total. The molecule has 0 fully saturated rings. The lowest BCUT2D eigenvalue weighted by atomic mass is 10.2. The lowest BCUT2D eigenvalue weighted by Crippen LogP contribution is -2.11. The van der Waals surface area contributed by atoms with Gasteiger partial charge in [0.25, 0.3) is 0 Å². The molecule has 0 atom stereocenters. The molecule has 0 aromatic heterocycles. The van der Waals surface area contributed by atoms with Crippen LogP contribution in [0.1, 0.15) is 20.8 Å². The normalized spacial score (nSPS) is 8.40. The van der Waals surface area contributed by atoms with Gasteiger partial charge in [0.05, 0.1) is 5.92 Å². The number of carbonyl (C=O) groups is 1. The molecule has 0 aromatic carbocycles. The molecule has 0 spiro atoms. The summed E-state index contributed by atoms with van der Waals surface area (Å²) in [6.45, 7) is 5.51. The molecule has 0 aliphatic heterocycles. The zero-order chi connectivity index (χ0) is 7.98. The maximum atomic E-state index is 10.7. The van der Waals surface area contributed by atoms with Gasteiger partial charge in [0.15, 0.2) is 6.61 Å². The quantitative estimate of drug-likeness (QED) is 0.425. The predicted molar refractivity (Wildman–Crippen MR) is 39.2 cm³/mol. The van der Waals surface area contributed by atoms with E-state index in [1.165, 1.54) is 0 Å². The monoisotopic (exact) mass is 140 g/mol. The second-order valence-electron chi connectivity index (χ2n) is 2.19. The van der Waals surface area contributed by atoms with Crippen molar-refractivity contribution in [1.82, 2.24) is 0 Å². The Morgan fingerprint density at radius 3 is 2.60 bits per heavy atom. The van der Waals surface area contributed by atoms with Crippen LogP contribution in [-0.2, 0) is 9.53 Å². The van der Waals surface area contributed by atoms with E-state index in [0.717, 1.165) is 0 Å². The van der Waals surface area contributed by atoms with Crippen LogP contribution >= 0.6 is 0 Å². The average Bonchev–Trinajstić information content (AvgIpc) is 1.88. The Labute approximate surface area is 61.6 Å².